The molecule has 2 saturated heterocycles. The summed E-state index contributed by atoms with van der Waals surface area (Å²) < 4.78 is 16.8. The number of carbonyl (C=O) groups is 1. The molecule has 0 spiro atoms. The van der Waals surface area contributed by atoms with Gasteiger partial charge in [-0.2, -0.15) is 0 Å². The van der Waals surface area contributed by atoms with Gasteiger partial charge in [-0.25, -0.2) is 4.79 Å². The second-order valence-corrected chi connectivity index (χ2v) is 7.40. The number of ether oxygens (including phenoxy) is 3. The Kier molecular flexibility index (Phi) is 5.69. The smallest absolute Gasteiger partial charge is 0.410 e. The molecule has 1 unspecified atom stereocenters. The molecule has 0 aromatic carbocycles. The van der Waals surface area contributed by atoms with E-state index in [1.165, 1.54) is 0 Å². The predicted octanol–water partition coefficient (Wildman–Crippen LogP) is 1.73. The third kappa shape index (κ3) is 5.41. The van der Waals surface area contributed by atoms with Crippen molar-refractivity contribution in [2.75, 3.05) is 52.5 Å². The average molecular weight is 314 g/mol. The van der Waals surface area contributed by atoms with Crippen LogP contribution >= 0.6 is 0 Å². The average Bonchev–Trinajstić information content (AvgIpc) is 2.81. The van der Waals surface area contributed by atoms with Gasteiger partial charge in [-0.1, -0.05) is 0 Å². The lowest BCUT2D eigenvalue weighted by molar-refractivity contribution is -0.0442. The maximum absolute atomic E-state index is 12.1. The van der Waals surface area contributed by atoms with Gasteiger partial charge in [-0.15, -0.1) is 0 Å². The van der Waals surface area contributed by atoms with Crippen LogP contribution in [0.15, 0.2) is 0 Å². The van der Waals surface area contributed by atoms with Crippen molar-refractivity contribution in [2.24, 2.45) is 0 Å². The van der Waals surface area contributed by atoms with Crippen LogP contribution in [-0.2, 0) is 14.2 Å². The van der Waals surface area contributed by atoms with Gasteiger partial charge < -0.3 is 19.1 Å². The molecule has 0 saturated carbocycles. The van der Waals surface area contributed by atoms with Gasteiger partial charge in [0.05, 0.1) is 32.0 Å². The molecule has 22 heavy (non-hydrogen) atoms. The summed E-state index contributed by atoms with van der Waals surface area (Å²) in [5, 5.41) is 0. The zero-order valence-corrected chi connectivity index (χ0v) is 14.4. The first kappa shape index (κ1) is 17.5. The molecule has 0 aromatic rings. The summed E-state index contributed by atoms with van der Waals surface area (Å²) in [7, 11) is 0. The summed E-state index contributed by atoms with van der Waals surface area (Å²) >= 11 is 0. The van der Waals surface area contributed by atoms with E-state index < -0.39 is 5.60 Å². The van der Waals surface area contributed by atoms with Crippen molar-refractivity contribution in [2.45, 2.75) is 45.3 Å². The fourth-order valence-corrected chi connectivity index (χ4v) is 2.78. The second-order valence-electron chi connectivity index (χ2n) is 7.40. The first-order valence-electron chi connectivity index (χ1n) is 8.19. The van der Waals surface area contributed by atoms with Crippen LogP contribution in [0.3, 0.4) is 0 Å². The van der Waals surface area contributed by atoms with Crippen LogP contribution < -0.4 is 0 Å². The Morgan fingerprint density at radius 1 is 1.23 bits per heavy atom. The minimum Gasteiger partial charge on any atom is -0.444 e. The fraction of sp³-hybridized carbons (Fsp3) is 0.938. The predicted molar refractivity (Wildman–Crippen MR) is 84.0 cm³/mol. The SMILES string of the molecule is CC(C)(C)OC(=O)N1CCC(C)(OCCN2CCOCC2)C1. The molecular weight excluding hydrogens is 284 g/mol. The molecule has 2 aliphatic rings. The highest BCUT2D eigenvalue weighted by atomic mass is 16.6. The Morgan fingerprint density at radius 2 is 1.91 bits per heavy atom. The van der Waals surface area contributed by atoms with E-state index in [-0.39, 0.29) is 11.7 Å². The summed E-state index contributed by atoms with van der Waals surface area (Å²) in [6.45, 7) is 14.2. The number of nitrogens with zero attached hydrogens (tertiary/aromatic N) is 2. The first-order chi connectivity index (χ1) is 10.3. The zero-order chi connectivity index (χ0) is 16.2. The number of hydrogen-bond acceptors (Lipinski definition) is 5. The molecule has 0 bridgehead atoms. The van der Waals surface area contributed by atoms with E-state index in [1.54, 1.807) is 4.90 Å². The monoisotopic (exact) mass is 314 g/mol. The van der Waals surface area contributed by atoms with E-state index in [4.69, 9.17) is 14.2 Å². The number of morpholine rings is 1. The first-order valence-corrected chi connectivity index (χ1v) is 8.19. The van der Waals surface area contributed by atoms with Gasteiger partial charge in [0.2, 0.25) is 0 Å². The molecule has 0 aliphatic carbocycles. The molecular formula is C16H30N2O4. The topological polar surface area (TPSA) is 51.2 Å². The molecule has 6 heteroatoms. The van der Waals surface area contributed by atoms with E-state index in [1.807, 2.05) is 20.8 Å². The van der Waals surface area contributed by atoms with E-state index in [9.17, 15) is 4.79 Å². The molecule has 0 N–H and O–H groups in total. The summed E-state index contributed by atoms with van der Waals surface area (Å²) in [4.78, 5) is 16.2. The highest BCUT2D eigenvalue weighted by Gasteiger charge is 2.38. The Hall–Kier alpha value is -0.850. The van der Waals surface area contributed by atoms with Crippen molar-refractivity contribution in [3.05, 3.63) is 0 Å². The van der Waals surface area contributed by atoms with Crippen LogP contribution in [0.1, 0.15) is 34.1 Å². The van der Waals surface area contributed by atoms with Gasteiger partial charge in [-0.3, -0.25) is 4.90 Å². The summed E-state index contributed by atoms with van der Waals surface area (Å²) in [6, 6.07) is 0. The van der Waals surface area contributed by atoms with Crippen molar-refractivity contribution in [1.29, 1.82) is 0 Å². The lowest BCUT2D eigenvalue weighted by atomic mass is 10.1. The summed E-state index contributed by atoms with van der Waals surface area (Å²) in [6.07, 6.45) is 0.614. The highest BCUT2D eigenvalue weighted by Crippen LogP contribution is 2.26. The van der Waals surface area contributed by atoms with Crippen LogP contribution in [0, 0.1) is 0 Å². The molecule has 0 radical (unpaired) electrons. The lowest BCUT2D eigenvalue weighted by Crippen LogP contribution is -2.42. The Labute approximate surface area is 133 Å². The molecule has 6 nitrogen and oxygen atoms in total. The highest BCUT2D eigenvalue weighted by molar-refractivity contribution is 5.68. The minimum atomic E-state index is -0.451. The number of hydrogen-bond donors (Lipinski definition) is 0. The normalized spacial score (nSPS) is 27.2. The van der Waals surface area contributed by atoms with Gasteiger partial charge in [0.1, 0.15) is 5.60 Å². The number of amides is 1. The molecule has 2 rings (SSSR count). The molecule has 0 aromatic heterocycles. The van der Waals surface area contributed by atoms with Crippen molar-refractivity contribution >= 4 is 6.09 Å². The van der Waals surface area contributed by atoms with Crippen LogP contribution in [-0.4, -0.2) is 79.6 Å². The number of carbonyl (C=O) groups excluding carboxylic acids is 1. The van der Waals surface area contributed by atoms with Gasteiger partial charge in [0, 0.05) is 26.2 Å². The van der Waals surface area contributed by atoms with Gasteiger partial charge in [0.25, 0.3) is 0 Å². The summed E-state index contributed by atoms with van der Waals surface area (Å²) in [5.74, 6) is 0. The number of likely N-dealkylation sites (tertiary alicyclic amines) is 1. The standard InChI is InChI=1S/C16H30N2O4/c1-15(2,3)22-14(19)18-6-5-16(4,13-18)21-12-9-17-7-10-20-11-8-17/h5-13H2,1-4H3. The zero-order valence-electron chi connectivity index (χ0n) is 14.4. The molecule has 2 fully saturated rings. The second kappa shape index (κ2) is 7.15. The molecule has 2 aliphatic heterocycles. The van der Waals surface area contributed by atoms with Crippen LogP contribution in [0.25, 0.3) is 0 Å². The van der Waals surface area contributed by atoms with Crippen LogP contribution in [0.4, 0.5) is 4.79 Å². The molecule has 2 heterocycles. The van der Waals surface area contributed by atoms with Crippen LogP contribution in [0.2, 0.25) is 0 Å². The Balaban J connectivity index is 1.71. The fourth-order valence-electron chi connectivity index (χ4n) is 2.78. The van der Waals surface area contributed by atoms with E-state index in [0.29, 0.717) is 19.7 Å². The van der Waals surface area contributed by atoms with Gasteiger partial charge in [-0.05, 0) is 34.1 Å². The van der Waals surface area contributed by atoms with Crippen LogP contribution in [0.5, 0.6) is 0 Å². The maximum Gasteiger partial charge on any atom is 0.410 e. The van der Waals surface area contributed by atoms with Crippen molar-refractivity contribution in [3.63, 3.8) is 0 Å². The van der Waals surface area contributed by atoms with E-state index >= 15 is 0 Å². The van der Waals surface area contributed by atoms with Gasteiger partial charge >= 0.3 is 6.09 Å². The van der Waals surface area contributed by atoms with E-state index in [2.05, 4.69) is 11.8 Å². The van der Waals surface area contributed by atoms with Crippen molar-refractivity contribution in [3.8, 4) is 0 Å². The third-order valence-corrected chi connectivity index (χ3v) is 4.05. The minimum absolute atomic E-state index is 0.243. The van der Waals surface area contributed by atoms with Crippen molar-refractivity contribution < 1.29 is 19.0 Å². The molecule has 1 amide bonds. The number of rotatable bonds is 4. The Morgan fingerprint density at radius 3 is 2.55 bits per heavy atom. The summed E-state index contributed by atoms with van der Waals surface area (Å²) in [5.41, 5.74) is -0.712. The Bertz CT molecular complexity index is 377. The van der Waals surface area contributed by atoms with Gasteiger partial charge in [0.15, 0.2) is 0 Å². The molecule has 1 atom stereocenters. The maximum atomic E-state index is 12.1. The van der Waals surface area contributed by atoms with Crippen molar-refractivity contribution in [1.82, 2.24) is 9.80 Å². The third-order valence-electron chi connectivity index (χ3n) is 4.05. The quantitative estimate of drug-likeness (QED) is 0.791. The molecule has 128 valence electrons. The largest absolute Gasteiger partial charge is 0.444 e. The van der Waals surface area contributed by atoms with E-state index in [0.717, 1.165) is 39.3 Å². The lowest BCUT2D eigenvalue weighted by Gasteiger charge is -2.30.